The third-order valence-corrected chi connectivity index (χ3v) is 7.06. The fourth-order valence-electron chi connectivity index (χ4n) is 4.73. The summed E-state index contributed by atoms with van der Waals surface area (Å²) in [4.78, 5) is 0. The second-order valence-electron chi connectivity index (χ2n) is 8.57. The van der Waals surface area contributed by atoms with Gasteiger partial charge in [0.2, 0.25) is 0 Å². The zero-order valence-electron chi connectivity index (χ0n) is 17.2. The Balaban J connectivity index is 1.53. The Bertz CT molecular complexity index is 1030. The third kappa shape index (κ3) is 4.37. The van der Waals surface area contributed by atoms with Gasteiger partial charge in [0.1, 0.15) is 22.5 Å². The molecule has 1 aliphatic rings. The highest BCUT2D eigenvalue weighted by Gasteiger charge is 2.20. The molecule has 0 nitrogen and oxygen atoms in total. The lowest BCUT2D eigenvalue weighted by Crippen LogP contribution is -2.14. The van der Waals surface area contributed by atoms with Crippen LogP contribution in [0.4, 0.5) is 13.2 Å². The van der Waals surface area contributed by atoms with E-state index in [1.807, 2.05) is 18.2 Å². The summed E-state index contributed by atoms with van der Waals surface area (Å²) in [7, 11) is 0. The first-order chi connectivity index (χ1) is 14.5. The zero-order chi connectivity index (χ0) is 21.3. The maximum absolute atomic E-state index is 15.1. The van der Waals surface area contributed by atoms with Crippen LogP contribution >= 0.6 is 11.6 Å². The summed E-state index contributed by atoms with van der Waals surface area (Å²) >= 11 is 5.55. The highest BCUT2D eigenvalue weighted by atomic mass is 35.5. The van der Waals surface area contributed by atoms with Crippen LogP contribution in [0.5, 0.6) is 0 Å². The molecule has 30 heavy (non-hydrogen) atoms. The number of benzene rings is 3. The first kappa shape index (κ1) is 21.2. The van der Waals surface area contributed by atoms with Gasteiger partial charge in [0, 0.05) is 10.9 Å². The maximum Gasteiger partial charge on any atom is 0.145 e. The van der Waals surface area contributed by atoms with Crippen molar-refractivity contribution in [1.82, 2.24) is 0 Å². The van der Waals surface area contributed by atoms with Crippen LogP contribution in [-0.4, -0.2) is 0 Å². The van der Waals surface area contributed by atoms with Gasteiger partial charge in [-0.1, -0.05) is 81.0 Å². The van der Waals surface area contributed by atoms with Crippen LogP contribution in [-0.2, 0) is 6.42 Å². The van der Waals surface area contributed by atoms with Crippen molar-refractivity contribution in [2.75, 3.05) is 0 Å². The molecule has 0 aliphatic heterocycles. The third-order valence-electron chi connectivity index (χ3n) is 6.70. The first-order valence-electron chi connectivity index (χ1n) is 10.8. The molecular formula is C26H26ClF3. The number of rotatable bonds is 5. The Morgan fingerprint density at radius 1 is 0.867 bits per heavy atom. The number of aryl methyl sites for hydroxylation is 1. The maximum atomic E-state index is 15.1. The predicted molar refractivity (Wildman–Crippen MR) is 118 cm³/mol. The molecule has 158 valence electrons. The molecule has 0 spiro atoms. The number of hydrogen-bond acceptors (Lipinski definition) is 0. The van der Waals surface area contributed by atoms with Crippen LogP contribution in [0.25, 0.3) is 21.9 Å². The van der Waals surface area contributed by atoms with E-state index in [4.69, 9.17) is 11.6 Å². The van der Waals surface area contributed by atoms with Crippen LogP contribution < -0.4 is 0 Å². The van der Waals surface area contributed by atoms with Gasteiger partial charge in [-0.25, -0.2) is 13.2 Å². The van der Waals surface area contributed by atoms with Crippen molar-refractivity contribution in [2.24, 2.45) is 11.8 Å². The van der Waals surface area contributed by atoms with Crippen LogP contribution in [0, 0.1) is 29.3 Å². The molecule has 0 unspecified atom stereocenters. The van der Waals surface area contributed by atoms with Crippen LogP contribution in [0.15, 0.2) is 42.5 Å². The Kier molecular flexibility index (Phi) is 6.38. The van der Waals surface area contributed by atoms with E-state index in [9.17, 15) is 8.78 Å². The molecule has 0 heterocycles. The van der Waals surface area contributed by atoms with Crippen molar-refractivity contribution in [3.8, 4) is 11.1 Å². The quantitative estimate of drug-likeness (QED) is 0.355. The number of fused-ring (bicyclic) bond motifs is 1. The highest BCUT2D eigenvalue weighted by Crippen LogP contribution is 2.35. The lowest BCUT2D eigenvalue weighted by atomic mass is 9.78. The molecule has 0 atom stereocenters. The zero-order valence-corrected chi connectivity index (χ0v) is 17.9. The van der Waals surface area contributed by atoms with Crippen molar-refractivity contribution in [1.29, 1.82) is 0 Å². The summed E-state index contributed by atoms with van der Waals surface area (Å²) in [5.41, 5.74) is 1.51. The van der Waals surface area contributed by atoms with Gasteiger partial charge in [-0.05, 0) is 53.3 Å². The molecule has 0 saturated heterocycles. The summed E-state index contributed by atoms with van der Waals surface area (Å²) < 4.78 is 42.7. The van der Waals surface area contributed by atoms with Crippen LogP contribution in [0.1, 0.15) is 51.0 Å². The Hall–Kier alpha value is -2.00. The summed E-state index contributed by atoms with van der Waals surface area (Å²) in [6.07, 6.45) is 8.79. The van der Waals surface area contributed by atoms with E-state index in [0.717, 1.165) is 35.8 Å². The predicted octanol–water partition coefficient (Wildman–Crippen LogP) is 8.73. The second kappa shape index (κ2) is 9.01. The van der Waals surface area contributed by atoms with Gasteiger partial charge >= 0.3 is 0 Å². The van der Waals surface area contributed by atoms with E-state index in [-0.39, 0.29) is 11.1 Å². The molecule has 1 aliphatic carbocycles. The van der Waals surface area contributed by atoms with Crippen molar-refractivity contribution < 1.29 is 13.2 Å². The molecule has 0 amide bonds. The molecule has 0 radical (unpaired) electrons. The van der Waals surface area contributed by atoms with Crippen LogP contribution in [0.2, 0.25) is 5.02 Å². The summed E-state index contributed by atoms with van der Waals surface area (Å²) in [6.45, 7) is 2.28. The van der Waals surface area contributed by atoms with E-state index >= 15 is 4.39 Å². The monoisotopic (exact) mass is 430 g/mol. The summed E-state index contributed by atoms with van der Waals surface area (Å²) in [6, 6.07) is 11.3. The molecule has 0 N–H and O–H groups in total. The lowest BCUT2D eigenvalue weighted by molar-refractivity contribution is 0.259. The van der Waals surface area contributed by atoms with E-state index in [1.165, 1.54) is 44.1 Å². The smallest absolute Gasteiger partial charge is 0.145 e. The van der Waals surface area contributed by atoms with Gasteiger partial charge < -0.3 is 0 Å². The van der Waals surface area contributed by atoms with Gasteiger partial charge in [0.25, 0.3) is 0 Å². The lowest BCUT2D eigenvalue weighted by Gasteiger charge is -2.27. The van der Waals surface area contributed by atoms with Gasteiger partial charge in [0.15, 0.2) is 0 Å². The SMILES string of the molecule is CC[C@H]1CC[C@H](CCc2ccc3c(F)c(-c4cc(F)c(Cl)c(F)c4)ccc3c2)CC1. The van der Waals surface area contributed by atoms with Crippen molar-refractivity contribution >= 4 is 22.4 Å². The molecule has 3 aromatic rings. The number of halogens is 4. The normalized spacial score (nSPS) is 19.4. The molecule has 1 saturated carbocycles. The average Bonchev–Trinajstić information content (AvgIpc) is 2.76. The molecule has 4 rings (SSSR count). The standard InChI is InChI=1S/C26H26ClF3/c1-2-16-3-5-17(6-4-16)7-8-18-9-11-21-19(13-18)10-12-22(26(21)30)20-14-23(28)25(27)24(29)15-20/h9-17H,2-8H2,1H3/t16-,17-. The Morgan fingerprint density at radius 3 is 2.20 bits per heavy atom. The molecule has 0 aromatic heterocycles. The van der Waals surface area contributed by atoms with Gasteiger partial charge in [-0.3, -0.25) is 0 Å². The van der Waals surface area contributed by atoms with E-state index in [2.05, 4.69) is 6.92 Å². The first-order valence-corrected chi connectivity index (χ1v) is 11.2. The summed E-state index contributed by atoms with van der Waals surface area (Å²) in [5, 5.41) is 0.682. The van der Waals surface area contributed by atoms with Gasteiger partial charge in [-0.15, -0.1) is 0 Å². The van der Waals surface area contributed by atoms with Crippen molar-refractivity contribution in [3.63, 3.8) is 0 Å². The van der Waals surface area contributed by atoms with E-state index in [0.29, 0.717) is 5.39 Å². The summed E-state index contributed by atoms with van der Waals surface area (Å²) in [5.74, 6) is -0.569. The molecular weight excluding hydrogens is 405 g/mol. The Morgan fingerprint density at radius 2 is 1.53 bits per heavy atom. The molecule has 1 fully saturated rings. The topological polar surface area (TPSA) is 0 Å². The number of hydrogen-bond donors (Lipinski definition) is 0. The fraction of sp³-hybridized carbons (Fsp3) is 0.385. The van der Waals surface area contributed by atoms with Gasteiger partial charge in [-0.2, -0.15) is 0 Å². The average molecular weight is 431 g/mol. The second-order valence-corrected chi connectivity index (χ2v) is 8.95. The minimum absolute atomic E-state index is 0.139. The van der Waals surface area contributed by atoms with Gasteiger partial charge in [0.05, 0.1) is 0 Å². The van der Waals surface area contributed by atoms with E-state index < -0.39 is 22.5 Å². The largest absolute Gasteiger partial charge is 0.206 e. The molecule has 0 bridgehead atoms. The van der Waals surface area contributed by atoms with Crippen LogP contribution in [0.3, 0.4) is 0 Å². The highest BCUT2D eigenvalue weighted by molar-refractivity contribution is 6.31. The fourth-order valence-corrected chi connectivity index (χ4v) is 4.84. The minimum atomic E-state index is -0.894. The molecule has 3 aromatic carbocycles. The minimum Gasteiger partial charge on any atom is -0.206 e. The van der Waals surface area contributed by atoms with Crippen molar-refractivity contribution in [2.45, 2.75) is 51.9 Å². The molecule has 4 heteroatoms. The Labute approximate surface area is 181 Å². The van der Waals surface area contributed by atoms with E-state index in [1.54, 1.807) is 12.1 Å². The van der Waals surface area contributed by atoms with Crippen molar-refractivity contribution in [3.05, 3.63) is 70.5 Å².